The Morgan fingerprint density at radius 2 is 2.33 bits per heavy atom. The molecule has 0 saturated heterocycles. The molecular formula is C10H9NO3S. The number of rotatable bonds is 2. The summed E-state index contributed by atoms with van der Waals surface area (Å²) in [5, 5.41) is 2.64. The van der Waals surface area contributed by atoms with Crippen LogP contribution in [0.5, 0.6) is 5.75 Å². The van der Waals surface area contributed by atoms with Gasteiger partial charge >= 0.3 is 0 Å². The fraction of sp³-hybridized carbons (Fsp3) is 0.200. The van der Waals surface area contributed by atoms with Gasteiger partial charge in [-0.15, -0.1) is 0 Å². The summed E-state index contributed by atoms with van der Waals surface area (Å²) in [6.07, 6.45) is 0. The van der Waals surface area contributed by atoms with Gasteiger partial charge < -0.3 is 10.1 Å². The number of benzene rings is 1. The SMILES string of the molecule is O=C1COc2ccc(C(=O)CS)cc2N1. The highest BCUT2D eigenvalue weighted by molar-refractivity contribution is 7.81. The average Bonchev–Trinajstić information content (AvgIpc) is 2.27. The van der Waals surface area contributed by atoms with E-state index < -0.39 is 0 Å². The van der Waals surface area contributed by atoms with E-state index in [0.29, 0.717) is 17.0 Å². The first kappa shape index (κ1) is 10.0. The molecule has 4 nitrogen and oxygen atoms in total. The summed E-state index contributed by atoms with van der Waals surface area (Å²) in [7, 11) is 0. The first-order chi connectivity index (χ1) is 7.20. The first-order valence-corrected chi connectivity index (χ1v) is 5.04. The molecular weight excluding hydrogens is 214 g/mol. The van der Waals surface area contributed by atoms with Gasteiger partial charge in [-0.25, -0.2) is 0 Å². The molecule has 0 unspecified atom stereocenters. The van der Waals surface area contributed by atoms with Crippen molar-refractivity contribution in [2.24, 2.45) is 0 Å². The zero-order chi connectivity index (χ0) is 10.8. The Kier molecular flexibility index (Phi) is 2.64. The van der Waals surface area contributed by atoms with Crippen LogP contribution in [0.25, 0.3) is 0 Å². The van der Waals surface area contributed by atoms with E-state index in [1.807, 2.05) is 0 Å². The molecule has 1 amide bonds. The molecule has 0 spiro atoms. The Labute approximate surface area is 92.0 Å². The maximum atomic E-state index is 11.4. The zero-order valence-corrected chi connectivity index (χ0v) is 8.71. The molecule has 1 aliphatic rings. The predicted molar refractivity (Wildman–Crippen MR) is 58.8 cm³/mol. The summed E-state index contributed by atoms with van der Waals surface area (Å²) >= 11 is 3.90. The number of ether oxygens (including phenoxy) is 1. The number of carbonyl (C=O) groups excluding carboxylic acids is 2. The topological polar surface area (TPSA) is 55.4 Å². The molecule has 1 aliphatic heterocycles. The highest BCUT2D eigenvalue weighted by atomic mass is 32.1. The standard InChI is InChI=1S/C10H9NO3S/c12-8(5-15)6-1-2-9-7(3-6)11-10(13)4-14-9/h1-3,15H,4-5H2,(H,11,13). The van der Waals surface area contributed by atoms with Gasteiger partial charge in [0, 0.05) is 5.56 Å². The second-order valence-electron chi connectivity index (χ2n) is 3.13. The van der Waals surface area contributed by atoms with Gasteiger partial charge in [0.25, 0.3) is 5.91 Å². The maximum Gasteiger partial charge on any atom is 0.262 e. The molecule has 15 heavy (non-hydrogen) atoms. The lowest BCUT2D eigenvalue weighted by Gasteiger charge is -2.18. The van der Waals surface area contributed by atoms with Crippen molar-refractivity contribution < 1.29 is 14.3 Å². The van der Waals surface area contributed by atoms with Gasteiger partial charge in [0.1, 0.15) is 5.75 Å². The third kappa shape index (κ3) is 1.97. The molecule has 1 aromatic carbocycles. The molecule has 1 N–H and O–H groups in total. The molecule has 0 atom stereocenters. The van der Waals surface area contributed by atoms with Crippen LogP contribution in [0.1, 0.15) is 10.4 Å². The fourth-order valence-electron chi connectivity index (χ4n) is 1.35. The molecule has 2 rings (SSSR count). The van der Waals surface area contributed by atoms with E-state index in [1.54, 1.807) is 18.2 Å². The summed E-state index contributed by atoms with van der Waals surface area (Å²) < 4.78 is 5.16. The number of amides is 1. The smallest absolute Gasteiger partial charge is 0.262 e. The zero-order valence-electron chi connectivity index (χ0n) is 7.82. The molecule has 1 heterocycles. The molecule has 0 aromatic heterocycles. The van der Waals surface area contributed by atoms with Crippen molar-refractivity contribution in [3.8, 4) is 5.75 Å². The number of hydrogen-bond acceptors (Lipinski definition) is 4. The summed E-state index contributed by atoms with van der Waals surface area (Å²) in [6.45, 7) is 0.0207. The molecule has 0 fully saturated rings. The summed E-state index contributed by atoms with van der Waals surface area (Å²) in [6, 6.07) is 4.94. The molecule has 0 bridgehead atoms. The Bertz CT molecular complexity index is 431. The van der Waals surface area contributed by atoms with Crippen molar-refractivity contribution in [1.29, 1.82) is 0 Å². The molecule has 5 heteroatoms. The Morgan fingerprint density at radius 1 is 1.53 bits per heavy atom. The minimum absolute atomic E-state index is 0.0207. The predicted octanol–water partition coefficient (Wildman–Crippen LogP) is 1.13. The van der Waals surface area contributed by atoms with Crippen molar-refractivity contribution in [2.45, 2.75) is 0 Å². The monoisotopic (exact) mass is 223 g/mol. The van der Waals surface area contributed by atoms with Gasteiger partial charge in [-0.3, -0.25) is 9.59 Å². The molecule has 0 radical (unpaired) electrons. The summed E-state index contributed by atoms with van der Waals surface area (Å²) in [5.41, 5.74) is 1.06. The Morgan fingerprint density at radius 3 is 3.07 bits per heavy atom. The normalized spacial score (nSPS) is 13.8. The van der Waals surface area contributed by atoms with Crippen LogP contribution in [0.4, 0.5) is 5.69 Å². The highest BCUT2D eigenvalue weighted by Gasteiger charge is 2.17. The third-order valence-electron chi connectivity index (χ3n) is 2.08. The van der Waals surface area contributed by atoms with E-state index in [1.165, 1.54) is 0 Å². The first-order valence-electron chi connectivity index (χ1n) is 4.41. The van der Waals surface area contributed by atoms with Crippen LogP contribution in [-0.4, -0.2) is 24.1 Å². The minimum atomic E-state index is -0.210. The summed E-state index contributed by atoms with van der Waals surface area (Å²) in [5.74, 6) is 0.442. The molecule has 1 aromatic rings. The van der Waals surface area contributed by atoms with Gasteiger partial charge in [0.05, 0.1) is 11.4 Å². The van der Waals surface area contributed by atoms with Crippen molar-refractivity contribution >= 4 is 30.0 Å². The van der Waals surface area contributed by atoms with Crippen LogP contribution in [0.3, 0.4) is 0 Å². The number of Topliss-reactive ketones (excluding diaryl/α,β-unsaturated/α-hetero) is 1. The quantitative estimate of drug-likeness (QED) is 0.583. The van der Waals surface area contributed by atoms with Crippen LogP contribution in [0, 0.1) is 0 Å². The molecule has 0 saturated carbocycles. The Balaban J connectivity index is 2.36. The van der Waals surface area contributed by atoms with E-state index >= 15 is 0 Å². The molecule has 78 valence electrons. The number of anilines is 1. The fourth-order valence-corrected chi connectivity index (χ4v) is 1.53. The van der Waals surface area contributed by atoms with Gasteiger partial charge in [-0.1, -0.05) is 0 Å². The number of carbonyl (C=O) groups is 2. The van der Waals surface area contributed by atoms with E-state index in [-0.39, 0.29) is 24.1 Å². The minimum Gasteiger partial charge on any atom is -0.482 e. The van der Waals surface area contributed by atoms with Crippen molar-refractivity contribution in [1.82, 2.24) is 0 Å². The van der Waals surface area contributed by atoms with Gasteiger partial charge in [-0.2, -0.15) is 12.6 Å². The lowest BCUT2D eigenvalue weighted by atomic mass is 10.1. The van der Waals surface area contributed by atoms with E-state index in [9.17, 15) is 9.59 Å². The maximum absolute atomic E-state index is 11.4. The van der Waals surface area contributed by atoms with Crippen LogP contribution in [0.2, 0.25) is 0 Å². The number of thiol groups is 1. The van der Waals surface area contributed by atoms with Crippen molar-refractivity contribution in [3.05, 3.63) is 23.8 Å². The van der Waals surface area contributed by atoms with Crippen molar-refractivity contribution in [2.75, 3.05) is 17.7 Å². The third-order valence-corrected chi connectivity index (χ3v) is 2.37. The number of fused-ring (bicyclic) bond motifs is 1. The molecule has 0 aliphatic carbocycles. The van der Waals surface area contributed by atoms with E-state index in [0.717, 1.165) is 0 Å². The number of hydrogen-bond donors (Lipinski definition) is 2. The number of ketones is 1. The highest BCUT2D eigenvalue weighted by Crippen LogP contribution is 2.28. The van der Waals surface area contributed by atoms with Crippen LogP contribution in [-0.2, 0) is 4.79 Å². The lowest BCUT2D eigenvalue weighted by Crippen LogP contribution is -2.25. The second-order valence-corrected chi connectivity index (χ2v) is 3.45. The average molecular weight is 223 g/mol. The lowest BCUT2D eigenvalue weighted by molar-refractivity contribution is -0.118. The van der Waals surface area contributed by atoms with Crippen molar-refractivity contribution in [3.63, 3.8) is 0 Å². The Hall–Kier alpha value is -1.49. The van der Waals surface area contributed by atoms with E-state index in [2.05, 4.69) is 17.9 Å². The summed E-state index contributed by atoms with van der Waals surface area (Å²) in [4.78, 5) is 22.4. The number of nitrogens with one attached hydrogen (secondary N) is 1. The van der Waals surface area contributed by atoms with Crippen LogP contribution < -0.4 is 10.1 Å². The van der Waals surface area contributed by atoms with Crippen LogP contribution in [0.15, 0.2) is 18.2 Å². The second kappa shape index (κ2) is 3.94. The van der Waals surface area contributed by atoms with Gasteiger partial charge in [0.2, 0.25) is 0 Å². The largest absolute Gasteiger partial charge is 0.482 e. The van der Waals surface area contributed by atoms with E-state index in [4.69, 9.17) is 4.74 Å². The van der Waals surface area contributed by atoms with Crippen LogP contribution >= 0.6 is 12.6 Å². The van der Waals surface area contributed by atoms with Gasteiger partial charge in [-0.05, 0) is 18.2 Å². The van der Waals surface area contributed by atoms with Gasteiger partial charge in [0.15, 0.2) is 12.4 Å².